The molecule has 0 aliphatic carbocycles. The van der Waals surface area contributed by atoms with Gasteiger partial charge in [-0.05, 0) is 0 Å². The van der Waals surface area contributed by atoms with Crippen LogP contribution in [0.3, 0.4) is 0 Å². The van der Waals surface area contributed by atoms with Crippen LogP contribution in [0.2, 0.25) is 0 Å². The molecule has 0 bridgehead atoms. The average Bonchev–Trinajstić information content (AvgIpc) is 2.08. The summed E-state index contributed by atoms with van der Waals surface area (Å²) in [5.74, 6) is 0. The fraction of sp³-hybridized carbons (Fsp3) is 0.167. The van der Waals surface area contributed by atoms with Crippen molar-refractivity contribution in [1.82, 2.24) is 0 Å². The van der Waals surface area contributed by atoms with Gasteiger partial charge < -0.3 is 0 Å². The van der Waals surface area contributed by atoms with Crippen LogP contribution in [0.1, 0.15) is 5.56 Å². The Hall–Kier alpha value is 0.140. The van der Waals surface area contributed by atoms with Crippen LogP contribution in [-0.2, 0) is 6.18 Å². The maximum absolute atomic E-state index is 11.6. The number of halogens is 3. The van der Waals surface area contributed by atoms with Gasteiger partial charge in [0.25, 0.3) is 0 Å². The van der Waals surface area contributed by atoms with Crippen LogP contribution in [0.15, 0.2) is 24.3 Å². The predicted octanol–water partition coefficient (Wildman–Crippen LogP) is -0.572. The molecule has 0 spiro atoms. The van der Waals surface area contributed by atoms with Gasteiger partial charge in [0.1, 0.15) is 0 Å². The second-order valence-corrected chi connectivity index (χ2v) is 1.67. The van der Waals surface area contributed by atoms with Gasteiger partial charge in [-0.25, -0.2) is 12.1 Å². The van der Waals surface area contributed by atoms with Gasteiger partial charge in [0, 0.05) is 0 Å². The number of hydrogen-bond donors (Lipinski definition) is 0. The molecule has 10 heavy (non-hydrogen) atoms. The fourth-order valence-electron chi connectivity index (χ4n) is 0.563. The van der Waals surface area contributed by atoms with E-state index in [2.05, 4.69) is 0 Å². The third-order valence-corrected chi connectivity index (χ3v) is 0.990. The summed E-state index contributed by atoms with van der Waals surface area (Å²) in [5.41, 5.74) is -0.581. The molecule has 0 heterocycles. The van der Waals surface area contributed by atoms with Crippen LogP contribution in [0.4, 0.5) is 13.2 Å². The molecule has 1 rings (SSSR count). The first-order chi connectivity index (χ1) is 4.11. The van der Waals surface area contributed by atoms with Gasteiger partial charge in [0.2, 0.25) is 0 Å². The zero-order valence-corrected chi connectivity index (χ0v) is 7.44. The van der Waals surface area contributed by atoms with Gasteiger partial charge in [-0.2, -0.15) is 25.3 Å². The molecule has 0 N–H and O–H groups in total. The van der Waals surface area contributed by atoms with E-state index in [1.807, 2.05) is 0 Å². The zero-order valence-electron chi connectivity index (χ0n) is 5.44. The average molecular weight is 156 g/mol. The third-order valence-electron chi connectivity index (χ3n) is 0.990. The quantitative estimate of drug-likeness (QED) is 0.348. The Morgan fingerprint density at radius 2 is 1.40 bits per heavy atom. The SMILES string of the molecule is FC(F)(F)[c-]1cccc1.[Na+]. The van der Waals surface area contributed by atoms with Crippen LogP contribution < -0.4 is 29.6 Å². The van der Waals surface area contributed by atoms with Gasteiger partial charge in [-0.1, -0.05) is 5.56 Å². The summed E-state index contributed by atoms with van der Waals surface area (Å²) in [5, 5.41) is 0. The molecule has 0 aliphatic heterocycles. The molecule has 0 aliphatic rings. The smallest absolute Gasteiger partial charge is 0.213 e. The molecule has 4 heteroatoms. The van der Waals surface area contributed by atoms with Crippen molar-refractivity contribution in [3.05, 3.63) is 29.8 Å². The van der Waals surface area contributed by atoms with Crippen LogP contribution in [-0.4, -0.2) is 0 Å². The first-order valence-corrected chi connectivity index (χ1v) is 2.39. The van der Waals surface area contributed by atoms with E-state index in [1.54, 1.807) is 0 Å². The Morgan fingerprint density at radius 3 is 1.60 bits per heavy atom. The molecule has 0 amide bonds. The Bertz CT molecular complexity index is 175. The largest absolute Gasteiger partial charge is 1.00 e. The van der Waals surface area contributed by atoms with Crippen LogP contribution in [0.25, 0.3) is 0 Å². The minimum atomic E-state index is -4.18. The number of alkyl halides is 3. The summed E-state index contributed by atoms with van der Waals surface area (Å²) in [4.78, 5) is 0. The Morgan fingerprint density at radius 1 is 1.00 bits per heavy atom. The summed E-state index contributed by atoms with van der Waals surface area (Å²) in [6.45, 7) is 0. The van der Waals surface area contributed by atoms with E-state index >= 15 is 0 Å². The van der Waals surface area contributed by atoms with Crippen molar-refractivity contribution in [2.24, 2.45) is 0 Å². The minimum absolute atomic E-state index is 0. The normalized spacial score (nSPS) is 10.7. The predicted molar refractivity (Wildman–Crippen MR) is 27.0 cm³/mol. The van der Waals surface area contributed by atoms with Crippen molar-refractivity contribution >= 4 is 0 Å². The van der Waals surface area contributed by atoms with Crippen LogP contribution in [0.5, 0.6) is 0 Å². The second kappa shape index (κ2) is 3.51. The molecule has 0 saturated heterocycles. The molecule has 0 aromatic heterocycles. The van der Waals surface area contributed by atoms with Gasteiger partial charge in [0.15, 0.2) is 0 Å². The molecule has 0 radical (unpaired) electrons. The number of rotatable bonds is 0. The van der Waals surface area contributed by atoms with E-state index in [4.69, 9.17) is 0 Å². The monoisotopic (exact) mass is 156 g/mol. The van der Waals surface area contributed by atoms with Crippen molar-refractivity contribution in [3.8, 4) is 0 Å². The molecule has 50 valence electrons. The van der Waals surface area contributed by atoms with E-state index in [9.17, 15) is 13.2 Å². The molecule has 0 fully saturated rings. The first-order valence-electron chi connectivity index (χ1n) is 2.39. The number of hydrogen-bond acceptors (Lipinski definition) is 0. The molecular weight excluding hydrogens is 152 g/mol. The standard InChI is InChI=1S/C6H4F3.Na/c7-6(8,9)5-3-1-2-4-5;/h1-4H;/q-1;+1. The van der Waals surface area contributed by atoms with Crippen molar-refractivity contribution in [3.63, 3.8) is 0 Å². The molecule has 0 atom stereocenters. The van der Waals surface area contributed by atoms with Gasteiger partial charge in [-0.3, -0.25) is 0 Å². The Balaban J connectivity index is 0.000000810. The summed E-state index contributed by atoms with van der Waals surface area (Å²) in [6, 6.07) is 4.81. The van der Waals surface area contributed by atoms with E-state index in [1.165, 1.54) is 12.1 Å². The van der Waals surface area contributed by atoms with Gasteiger partial charge >= 0.3 is 35.7 Å². The summed E-state index contributed by atoms with van der Waals surface area (Å²) >= 11 is 0. The summed E-state index contributed by atoms with van der Waals surface area (Å²) in [6.07, 6.45) is -4.18. The van der Waals surface area contributed by atoms with Gasteiger partial charge in [0.05, 0.1) is 0 Å². The van der Waals surface area contributed by atoms with Crippen molar-refractivity contribution in [1.29, 1.82) is 0 Å². The fourth-order valence-corrected chi connectivity index (χ4v) is 0.563. The van der Waals surface area contributed by atoms with Crippen molar-refractivity contribution in [2.45, 2.75) is 6.18 Å². The maximum atomic E-state index is 11.6. The molecule has 1 aromatic carbocycles. The third kappa shape index (κ3) is 2.40. The van der Waals surface area contributed by atoms with Crippen molar-refractivity contribution < 1.29 is 42.7 Å². The minimum Gasteiger partial charge on any atom is -0.213 e. The Kier molecular flexibility index (Phi) is 3.56. The summed E-state index contributed by atoms with van der Waals surface area (Å²) < 4.78 is 34.9. The van der Waals surface area contributed by atoms with Crippen LogP contribution in [0, 0.1) is 0 Å². The summed E-state index contributed by atoms with van der Waals surface area (Å²) in [7, 11) is 0. The first kappa shape index (κ1) is 10.1. The zero-order chi connectivity index (χ0) is 6.91. The maximum Gasteiger partial charge on any atom is 1.00 e. The van der Waals surface area contributed by atoms with Gasteiger partial charge in [-0.15, -0.1) is 0 Å². The van der Waals surface area contributed by atoms with E-state index < -0.39 is 11.7 Å². The van der Waals surface area contributed by atoms with E-state index in [0.717, 1.165) is 12.1 Å². The molecular formula is C6H4F3Na. The molecule has 0 saturated carbocycles. The molecule has 1 aromatic rings. The second-order valence-electron chi connectivity index (χ2n) is 1.67. The molecule has 0 nitrogen and oxygen atoms in total. The Labute approximate surface area is 78.7 Å². The van der Waals surface area contributed by atoms with E-state index in [-0.39, 0.29) is 29.6 Å². The topological polar surface area (TPSA) is 0 Å². The molecule has 0 unspecified atom stereocenters. The van der Waals surface area contributed by atoms with Crippen molar-refractivity contribution in [2.75, 3.05) is 0 Å². The van der Waals surface area contributed by atoms with E-state index in [0.29, 0.717) is 0 Å². The van der Waals surface area contributed by atoms with Crippen LogP contribution >= 0.6 is 0 Å².